The number of carbonyl (C=O) groups excluding carboxylic acids is 4. The van der Waals surface area contributed by atoms with Gasteiger partial charge in [-0.15, -0.1) is 0 Å². The largest absolute Gasteiger partial charge is 0.508 e. The number of carboxylic acids is 2. The molecule has 0 heterocycles. The van der Waals surface area contributed by atoms with E-state index >= 15 is 0 Å². The number of aromatic hydroxyl groups is 1. The zero-order valence-corrected chi connectivity index (χ0v) is 21.9. The summed E-state index contributed by atoms with van der Waals surface area (Å²) in [5.74, 6) is -6.11. The minimum absolute atomic E-state index is 0.0188. The molecule has 0 fully saturated rings. The molecule has 0 spiro atoms. The highest BCUT2D eigenvalue weighted by Crippen LogP contribution is 2.13. The van der Waals surface area contributed by atoms with Crippen molar-refractivity contribution in [3.63, 3.8) is 0 Å². The molecule has 10 N–H and O–H groups in total. The van der Waals surface area contributed by atoms with E-state index in [0.717, 1.165) is 0 Å². The van der Waals surface area contributed by atoms with Gasteiger partial charge in [0.25, 0.3) is 0 Å². The lowest BCUT2D eigenvalue weighted by Crippen LogP contribution is -2.58. The number of benzene rings is 1. The standard InChI is InChI=1S/C25H37N5O9/c1-3-13(2)21(30-22(35)16(26)8-11-20(33)34)24(37)28-17(9-10-19(27)32)23(36)29-18(25(38)39)12-14-4-6-15(31)7-5-14/h4-7,13,16-18,21,31H,3,8-12,26H2,1-2H3,(H2,27,32)(H,28,37)(H,29,36)(H,30,35)(H,33,34)(H,38,39). The lowest BCUT2D eigenvalue weighted by Gasteiger charge is -2.28. The second kappa shape index (κ2) is 15.9. The van der Waals surface area contributed by atoms with Gasteiger partial charge in [-0.3, -0.25) is 24.0 Å². The highest BCUT2D eigenvalue weighted by Gasteiger charge is 2.32. The number of nitrogens with one attached hydrogen (secondary N) is 3. The predicted molar refractivity (Wildman–Crippen MR) is 138 cm³/mol. The van der Waals surface area contributed by atoms with Crippen LogP contribution >= 0.6 is 0 Å². The van der Waals surface area contributed by atoms with E-state index in [4.69, 9.17) is 16.6 Å². The summed E-state index contributed by atoms with van der Waals surface area (Å²) in [5.41, 5.74) is 11.5. The second-order valence-electron chi connectivity index (χ2n) is 9.25. The van der Waals surface area contributed by atoms with E-state index in [-0.39, 0.29) is 37.9 Å². The fourth-order valence-electron chi connectivity index (χ4n) is 3.53. The highest BCUT2D eigenvalue weighted by atomic mass is 16.4. The minimum atomic E-state index is -1.40. The van der Waals surface area contributed by atoms with Crippen molar-refractivity contribution in [2.24, 2.45) is 17.4 Å². The summed E-state index contributed by atoms with van der Waals surface area (Å²) in [5, 5.41) is 35.1. The molecule has 0 saturated carbocycles. The third kappa shape index (κ3) is 11.8. The molecule has 5 unspecified atom stereocenters. The Morgan fingerprint density at radius 3 is 1.95 bits per heavy atom. The Kier molecular flexibility index (Phi) is 13.4. The first kappa shape index (κ1) is 32.8. The van der Waals surface area contributed by atoms with Gasteiger partial charge < -0.3 is 42.7 Å². The Morgan fingerprint density at radius 1 is 0.846 bits per heavy atom. The minimum Gasteiger partial charge on any atom is -0.508 e. The number of hydrogen-bond donors (Lipinski definition) is 8. The molecule has 216 valence electrons. The third-order valence-corrected chi connectivity index (χ3v) is 6.10. The number of phenolic OH excluding ortho intramolecular Hbond substituents is 1. The van der Waals surface area contributed by atoms with E-state index in [1.807, 2.05) is 0 Å². The fourth-order valence-corrected chi connectivity index (χ4v) is 3.53. The first-order chi connectivity index (χ1) is 18.2. The summed E-state index contributed by atoms with van der Waals surface area (Å²) in [6, 6.07) is 0.601. The van der Waals surface area contributed by atoms with Gasteiger partial charge in [-0.05, 0) is 36.5 Å². The number of primary amides is 1. The van der Waals surface area contributed by atoms with Crippen molar-refractivity contribution in [2.75, 3.05) is 0 Å². The van der Waals surface area contributed by atoms with Gasteiger partial charge in [-0.2, -0.15) is 0 Å². The molecule has 0 radical (unpaired) electrons. The molecule has 0 bridgehead atoms. The Hall–Kier alpha value is -4.20. The number of carboxylic acid groups (broad SMARTS) is 2. The van der Waals surface area contributed by atoms with Gasteiger partial charge in [-0.1, -0.05) is 32.4 Å². The number of carbonyl (C=O) groups is 6. The van der Waals surface area contributed by atoms with Crippen LogP contribution in [-0.4, -0.2) is 75.1 Å². The van der Waals surface area contributed by atoms with Crippen molar-refractivity contribution in [1.82, 2.24) is 16.0 Å². The molecule has 1 aromatic carbocycles. The monoisotopic (exact) mass is 551 g/mol. The molecule has 0 aliphatic heterocycles. The summed E-state index contributed by atoms with van der Waals surface area (Å²) >= 11 is 0. The van der Waals surface area contributed by atoms with Gasteiger partial charge >= 0.3 is 11.9 Å². The van der Waals surface area contributed by atoms with Gasteiger partial charge in [-0.25, -0.2) is 4.79 Å². The van der Waals surface area contributed by atoms with Gasteiger partial charge in [0.2, 0.25) is 23.6 Å². The molecule has 0 saturated heterocycles. The molecular weight excluding hydrogens is 514 g/mol. The van der Waals surface area contributed by atoms with Gasteiger partial charge in [0.1, 0.15) is 23.9 Å². The highest BCUT2D eigenvalue weighted by molar-refractivity contribution is 5.94. The SMILES string of the molecule is CCC(C)C(NC(=O)C(N)CCC(=O)O)C(=O)NC(CCC(N)=O)C(=O)NC(Cc1ccc(O)cc1)C(=O)O. The van der Waals surface area contributed by atoms with Crippen LogP contribution in [0.2, 0.25) is 0 Å². The molecule has 4 amide bonds. The Balaban J connectivity index is 3.06. The fraction of sp³-hybridized carbons (Fsp3) is 0.520. The third-order valence-electron chi connectivity index (χ3n) is 6.10. The molecule has 5 atom stereocenters. The maximum Gasteiger partial charge on any atom is 0.326 e. The lowest BCUT2D eigenvalue weighted by atomic mass is 9.96. The Morgan fingerprint density at radius 2 is 1.44 bits per heavy atom. The zero-order valence-electron chi connectivity index (χ0n) is 21.9. The second-order valence-corrected chi connectivity index (χ2v) is 9.25. The summed E-state index contributed by atoms with van der Waals surface area (Å²) < 4.78 is 0. The van der Waals surface area contributed by atoms with Crippen LogP contribution in [-0.2, 0) is 35.2 Å². The molecule has 0 aromatic heterocycles. The zero-order chi connectivity index (χ0) is 29.7. The van der Waals surface area contributed by atoms with Crippen LogP contribution in [0.15, 0.2) is 24.3 Å². The molecule has 0 aliphatic carbocycles. The van der Waals surface area contributed by atoms with Crippen molar-refractivity contribution in [3.05, 3.63) is 29.8 Å². The number of amides is 4. The van der Waals surface area contributed by atoms with Crippen LogP contribution < -0.4 is 27.4 Å². The van der Waals surface area contributed by atoms with E-state index in [9.17, 15) is 39.0 Å². The van der Waals surface area contributed by atoms with Crippen LogP contribution in [0.5, 0.6) is 5.75 Å². The molecule has 39 heavy (non-hydrogen) atoms. The van der Waals surface area contributed by atoms with E-state index < -0.39 is 65.7 Å². The van der Waals surface area contributed by atoms with Crippen LogP contribution in [0, 0.1) is 5.92 Å². The summed E-state index contributed by atoms with van der Waals surface area (Å²) in [4.78, 5) is 72.7. The first-order valence-corrected chi connectivity index (χ1v) is 12.4. The van der Waals surface area contributed by atoms with Crippen LogP contribution in [0.3, 0.4) is 0 Å². The molecular formula is C25H37N5O9. The van der Waals surface area contributed by atoms with Crippen LogP contribution in [0.4, 0.5) is 0 Å². The normalized spacial score (nSPS) is 14.6. The quantitative estimate of drug-likeness (QED) is 0.117. The molecule has 0 aliphatic rings. The maximum atomic E-state index is 13.2. The molecule has 1 aromatic rings. The lowest BCUT2D eigenvalue weighted by molar-refractivity contribution is -0.142. The van der Waals surface area contributed by atoms with Crippen molar-refractivity contribution in [1.29, 1.82) is 0 Å². The van der Waals surface area contributed by atoms with Crippen molar-refractivity contribution in [2.45, 2.75) is 76.5 Å². The van der Waals surface area contributed by atoms with Crippen molar-refractivity contribution < 1.29 is 44.1 Å². The van der Waals surface area contributed by atoms with Crippen molar-refractivity contribution in [3.8, 4) is 5.75 Å². The summed E-state index contributed by atoms with van der Waals surface area (Å²) in [7, 11) is 0. The van der Waals surface area contributed by atoms with Crippen LogP contribution in [0.1, 0.15) is 51.5 Å². The average molecular weight is 552 g/mol. The van der Waals surface area contributed by atoms with E-state index in [0.29, 0.717) is 12.0 Å². The average Bonchev–Trinajstić information content (AvgIpc) is 2.87. The van der Waals surface area contributed by atoms with Crippen LogP contribution in [0.25, 0.3) is 0 Å². The maximum absolute atomic E-state index is 13.2. The van der Waals surface area contributed by atoms with Gasteiger partial charge in [0, 0.05) is 19.3 Å². The van der Waals surface area contributed by atoms with Gasteiger partial charge in [0.15, 0.2) is 0 Å². The summed E-state index contributed by atoms with van der Waals surface area (Å²) in [6.07, 6.45) is -0.727. The Bertz CT molecular complexity index is 1030. The number of hydrogen-bond acceptors (Lipinski definition) is 8. The first-order valence-electron chi connectivity index (χ1n) is 12.4. The molecule has 14 nitrogen and oxygen atoms in total. The van der Waals surface area contributed by atoms with E-state index in [1.165, 1.54) is 24.3 Å². The van der Waals surface area contributed by atoms with Gasteiger partial charge in [0.05, 0.1) is 6.04 Å². The van der Waals surface area contributed by atoms with E-state index in [2.05, 4.69) is 16.0 Å². The smallest absolute Gasteiger partial charge is 0.326 e. The number of aliphatic carboxylic acids is 2. The Labute approximate surface area is 225 Å². The molecule has 14 heteroatoms. The number of nitrogens with two attached hydrogens (primary N) is 2. The van der Waals surface area contributed by atoms with E-state index in [1.54, 1.807) is 13.8 Å². The molecule has 1 rings (SSSR count). The van der Waals surface area contributed by atoms with Crippen molar-refractivity contribution >= 4 is 35.6 Å². The number of phenols is 1. The summed E-state index contributed by atoms with van der Waals surface area (Å²) in [6.45, 7) is 3.43. The topological polar surface area (TPSA) is 251 Å². The predicted octanol–water partition coefficient (Wildman–Crippen LogP) is -1.02. The number of rotatable bonds is 17.